The number of aromatic nitrogens is 2. The maximum absolute atomic E-state index is 12.7. The van der Waals surface area contributed by atoms with Crippen LogP contribution in [0.4, 0.5) is 0 Å². The molecular weight excluding hydrogens is 386 g/mol. The lowest BCUT2D eigenvalue weighted by atomic mass is 10.1. The number of hydrogen-bond acceptors (Lipinski definition) is 3. The molecule has 0 aliphatic rings. The molecule has 0 fully saturated rings. The lowest BCUT2D eigenvalue weighted by Gasteiger charge is -2.07. The minimum atomic E-state index is -0.112. The Hall–Kier alpha value is -3.70. The maximum atomic E-state index is 12.7. The lowest BCUT2D eigenvalue weighted by Crippen LogP contribution is -2.22. The second-order valence-electron chi connectivity index (χ2n) is 7.36. The van der Waals surface area contributed by atoms with E-state index in [0.717, 1.165) is 22.4 Å². The van der Waals surface area contributed by atoms with Crippen LogP contribution in [0.5, 0.6) is 0 Å². The highest BCUT2D eigenvalue weighted by atomic mass is 16.5. The van der Waals surface area contributed by atoms with E-state index in [-0.39, 0.29) is 5.91 Å². The molecule has 31 heavy (non-hydrogen) atoms. The number of methoxy groups -OCH3 is 1. The molecule has 0 aliphatic heterocycles. The summed E-state index contributed by atoms with van der Waals surface area (Å²) in [6.45, 7) is 1.61. The number of carbonyl (C=O) groups excluding carboxylic acids is 1. The monoisotopic (exact) mass is 411 g/mol. The zero-order chi connectivity index (χ0) is 21.5. The van der Waals surface area contributed by atoms with E-state index in [1.54, 1.807) is 7.11 Å². The molecule has 3 aromatic carbocycles. The number of hydrogen-bond donors (Lipinski definition) is 1. The van der Waals surface area contributed by atoms with Gasteiger partial charge < -0.3 is 10.1 Å². The normalized spacial score (nSPS) is 10.7. The molecule has 0 radical (unpaired) electrons. The van der Waals surface area contributed by atoms with Crippen molar-refractivity contribution in [2.45, 2.75) is 19.7 Å². The van der Waals surface area contributed by atoms with E-state index in [1.165, 1.54) is 5.56 Å². The van der Waals surface area contributed by atoms with Crippen molar-refractivity contribution in [3.05, 3.63) is 113 Å². The van der Waals surface area contributed by atoms with Gasteiger partial charge in [0.15, 0.2) is 0 Å². The molecule has 1 heterocycles. The summed E-state index contributed by atoms with van der Waals surface area (Å²) in [7, 11) is 1.66. The Bertz CT molecular complexity index is 1120. The van der Waals surface area contributed by atoms with E-state index in [0.29, 0.717) is 25.3 Å². The van der Waals surface area contributed by atoms with Gasteiger partial charge in [0.25, 0.3) is 5.91 Å². The van der Waals surface area contributed by atoms with Crippen molar-refractivity contribution in [2.24, 2.45) is 0 Å². The smallest absolute Gasteiger partial charge is 0.251 e. The van der Waals surface area contributed by atoms with E-state index in [9.17, 15) is 4.79 Å². The number of carbonyl (C=O) groups is 1. The fourth-order valence-corrected chi connectivity index (χ4v) is 3.48. The summed E-state index contributed by atoms with van der Waals surface area (Å²) >= 11 is 0. The van der Waals surface area contributed by atoms with Crippen LogP contribution in [-0.2, 0) is 24.4 Å². The molecular formula is C26H25N3O2. The fourth-order valence-electron chi connectivity index (χ4n) is 3.48. The summed E-state index contributed by atoms with van der Waals surface area (Å²) < 4.78 is 7.05. The standard InChI is InChI=1S/C26H25N3O2/c1-31-19-21-12-14-23(15-13-21)26(30)27-16-24-18-29(17-20-8-4-2-5-9-20)28-25(24)22-10-6-3-7-11-22/h2-15,18H,16-17,19H2,1H3,(H,27,30). The van der Waals surface area contributed by atoms with E-state index in [2.05, 4.69) is 17.4 Å². The largest absolute Gasteiger partial charge is 0.380 e. The Morgan fingerprint density at radius 3 is 2.26 bits per heavy atom. The topological polar surface area (TPSA) is 56.1 Å². The van der Waals surface area contributed by atoms with Gasteiger partial charge in [-0.15, -0.1) is 0 Å². The number of benzene rings is 3. The average molecular weight is 412 g/mol. The van der Waals surface area contributed by atoms with E-state index < -0.39 is 0 Å². The highest BCUT2D eigenvalue weighted by Crippen LogP contribution is 2.22. The van der Waals surface area contributed by atoms with Crippen molar-refractivity contribution in [3.63, 3.8) is 0 Å². The lowest BCUT2D eigenvalue weighted by molar-refractivity contribution is 0.0951. The summed E-state index contributed by atoms with van der Waals surface area (Å²) in [4.78, 5) is 12.7. The molecule has 1 amide bonds. The first-order chi connectivity index (χ1) is 15.2. The van der Waals surface area contributed by atoms with Crippen molar-refractivity contribution in [2.75, 3.05) is 7.11 Å². The summed E-state index contributed by atoms with van der Waals surface area (Å²) in [6.07, 6.45) is 2.01. The minimum absolute atomic E-state index is 0.112. The van der Waals surface area contributed by atoms with Gasteiger partial charge in [0.2, 0.25) is 0 Å². The quantitative estimate of drug-likeness (QED) is 0.458. The zero-order valence-electron chi connectivity index (χ0n) is 17.5. The van der Waals surface area contributed by atoms with Crippen molar-refractivity contribution >= 4 is 5.91 Å². The molecule has 1 N–H and O–H groups in total. The SMILES string of the molecule is COCc1ccc(C(=O)NCc2cn(Cc3ccccc3)nc2-c2ccccc2)cc1. The molecule has 5 nitrogen and oxygen atoms in total. The second-order valence-corrected chi connectivity index (χ2v) is 7.36. The number of nitrogens with zero attached hydrogens (tertiary/aromatic N) is 2. The molecule has 5 heteroatoms. The van der Waals surface area contributed by atoms with E-state index in [1.807, 2.05) is 83.7 Å². The van der Waals surface area contributed by atoms with Gasteiger partial charge in [0.05, 0.1) is 18.8 Å². The molecule has 0 saturated carbocycles. The molecule has 0 aliphatic carbocycles. The molecule has 4 aromatic rings. The number of amides is 1. The Balaban J connectivity index is 1.52. The Morgan fingerprint density at radius 2 is 1.58 bits per heavy atom. The molecule has 0 saturated heterocycles. The predicted octanol–water partition coefficient (Wildman–Crippen LogP) is 4.67. The summed E-state index contributed by atoms with van der Waals surface area (Å²) in [5.41, 5.74) is 5.72. The highest BCUT2D eigenvalue weighted by molar-refractivity contribution is 5.94. The molecule has 0 spiro atoms. The van der Waals surface area contributed by atoms with Crippen LogP contribution in [0.1, 0.15) is 27.0 Å². The summed E-state index contributed by atoms with van der Waals surface area (Å²) in [5, 5.41) is 7.84. The number of nitrogens with one attached hydrogen (secondary N) is 1. The second kappa shape index (κ2) is 9.87. The number of ether oxygens (including phenoxy) is 1. The minimum Gasteiger partial charge on any atom is -0.380 e. The maximum Gasteiger partial charge on any atom is 0.251 e. The van der Waals surface area contributed by atoms with Gasteiger partial charge in [-0.05, 0) is 23.3 Å². The van der Waals surface area contributed by atoms with Crippen LogP contribution >= 0.6 is 0 Å². The van der Waals surface area contributed by atoms with Crippen LogP contribution in [0.25, 0.3) is 11.3 Å². The van der Waals surface area contributed by atoms with Gasteiger partial charge in [0.1, 0.15) is 0 Å². The van der Waals surface area contributed by atoms with Crippen LogP contribution in [-0.4, -0.2) is 22.8 Å². The van der Waals surface area contributed by atoms with Crippen molar-refractivity contribution in [1.29, 1.82) is 0 Å². The van der Waals surface area contributed by atoms with Crippen molar-refractivity contribution in [1.82, 2.24) is 15.1 Å². The van der Waals surface area contributed by atoms with Gasteiger partial charge >= 0.3 is 0 Å². The molecule has 0 atom stereocenters. The Morgan fingerprint density at radius 1 is 0.903 bits per heavy atom. The first-order valence-corrected chi connectivity index (χ1v) is 10.2. The fraction of sp³-hybridized carbons (Fsp3) is 0.154. The van der Waals surface area contributed by atoms with Crippen LogP contribution in [0, 0.1) is 0 Å². The predicted molar refractivity (Wildman–Crippen MR) is 122 cm³/mol. The van der Waals surface area contributed by atoms with Gasteiger partial charge in [-0.25, -0.2) is 0 Å². The third-order valence-corrected chi connectivity index (χ3v) is 5.04. The van der Waals surface area contributed by atoms with Crippen LogP contribution in [0.15, 0.2) is 91.1 Å². The highest BCUT2D eigenvalue weighted by Gasteiger charge is 2.13. The van der Waals surface area contributed by atoms with E-state index >= 15 is 0 Å². The first-order valence-electron chi connectivity index (χ1n) is 10.2. The molecule has 0 unspecified atom stereocenters. The van der Waals surface area contributed by atoms with Crippen LogP contribution in [0.2, 0.25) is 0 Å². The summed E-state index contributed by atoms with van der Waals surface area (Å²) in [6, 6.07) is 27.7. The summed E-state index contributed by atoms with van der Waals surface area (Å²) in [5.74, 6) is -0.112. The van der Waals surface area contributed by atoms with Gasteiger partial charge in [-0.3, -0.25) is 9.48 Å². The average Bonchev–Trinajstić information content (AvgIpc) is 3.22. The van der Waals surface area contributed by atoms with Crippen molar-refractivity contribution < 1.29 is 9.53 Å². The molecule has 156 valence electrons. The van der Waals surface area contributed by atoms with Crippen LogP contribution in [0.3, 0.4) is 0 Å². The van der Waals surface area contributed by atoms with Crippen molar-refractivity contribution in [3.8, 4) is 11.3 Å². The van der Waals surface area contributed by atoms with Crippen LogP contribution < -0.4 is 5.32 Å². The third kappa shape index (κ3) is 5.27. The van der Waals surface area contributed by atoms with Gasteiger partial charge in [-0.2, -0.15) is 5.10 Å². The Kier molecular flexibility index (Phi) is 6.55. The first kappa shape index (κ1) is 20.6. The van der Waals surface area contributed by atoms with Gasteiger partial charge in [-0.1, -0.05) is 72.8 Å². The molecule has 4 rings (SSSR count). The van der Waals surface area contributed by atoms with Gasteiger partial charge in [0, 0.05) is 36.5 Å². The Labute approximate surface area is 182 Å². The molecule has 0 bridgehead atoms. The van der Waals surface area contributed by atoms with E-state index in [4.69, 9.17) is 9.84 Å². The molecule has 1 aromatic heterocycles. The zero-order valence-corrected chi connectivity index (χ0v) is 17.5. The number of rotatable bonds is 8. The third-order valence-electron chi connectivity index (χ3n) is 5.04.